The summed E-state index contributed by atoms with van der Waals surface area (Å²) in [5.74, 6) is -1.35. The maximum Gasteiger partial charge on any atom is 0.323 e. The molecule has 0 radical (unpaired) electrons. The number of aryl methyl sites for hydroxylation is 2. The third-order valence-electron chi connectivity index (χ3n) is 2.48. The molecule has 5 nitrogen and oxygen atoms in total. The van der Waals surface area contributed by atoms with Crippen LogP contribution in [-0.4, -0.2) is 24.7 Å². The normalized spacial score (nSPS) is 13.6. The summed E-state index contributed by atoms with van der Waals surface area (Å²) in [6.07, 6.45) is 0. The number of carboxylic acids is 1. The lowest BCUT2D eigenvalue weighted by Crippen LogP contribution is -2.36. The second-order valence-corrected chi connectivity index (χ2v) is 7.23. The molecule has 96 valence electrons. The molecular weight excluding hydrogens is 262 g/mol. The Morgan fingerprint density at radius 3 is 2.53 bits per heavy atom. The van der Waals surface area contributed by atoms with Gasteiger partial charge in [-0.3, -0.25) is 4.79 Å². The highest BCUT2D eigenvalue weighted by Crippen LogP contribution is 2.20. The first-order valence-electron chi connectivity index (χ1n) is 5.01. The van der Waals surface area contributed by atoms with Crippen molar-refractivity contribution in [3.8, 4) is 0 Å². The average molecular weight is 277 g/mol. The molecule has 0 saturated carbocycles. The van der Waals surface area contributed by atoms with Gasteiger partial charge in [-0.05, 0) is 32.4 Å². The van der Waals surface area contributed by atoms with Crippen LogP contribution in [0.15, 0.2) is 6.07 Å². The van der Waals surface area contributed by atoms with Gasteiger partial charge in [0.05, 0.1) is 0 Å². The number of carboxylic acid groups (broad SMARTS) is 1. The standard InChI is InChI=1S/C10H15NO4S2/c1-6-4-9(16-7(6)2)5-11-17(14,15)8(3)10(12)13/h4,8,11H,5H2,1-3H3,(H,12,13). The molecule has 1 heterocycles. The summed E-state index contributed by atoms with van der Waals surface area (Å²) >= 11 is 1.50. The lowest BCUT2D eigenvalue weighted by molar-refractivity contribution is -0.136. The van der Waals surface area contributed by atoms with E-state index in [1.165, 1.54) is 11.3 Å². The highest BCUT2D eigenvalue weighted by Gasteiger charge is 2.27. The van der Waals surface area contributed by atoms with E-state index in [0.717, 1.165) is 22.2 Å². The van der Waals surface area contributed by atoms with Gasteiger partial charge in [-0.1, -0.05) is 0 Å². The average Bonchev–Trinajstić information content (AvgIpc) is 2.54. The second-order valence-electron chi connectivity index (χ2n) is 3.80. The summed E-state index contributed by atoms with van der Waals surface area (Å²) in [5.41, 5.74) is 1.11. The number of carbonyl (C=O) groups is 1. The fourth-order valence-electron chi connectivity index (χ4n) is 1.17. The zero-order valence-electron chi connectivity index (χ0n) is 9.85. The summed E-state index contributed by atoms with van der Waals surface area (Å²) in [6.45, 7) is 5.19. The summed E-state index contributed by atoms with van der Waals surface area (Å²) in [6, 6.07) is 1.90. The molecule has 0 aliphatic carbocycles. The van der Waals surface area contributed by atoms with Crippen LogP contribution in [0.3, 0.4) is 0 Å². The van der Waals surface area contributed by atoms with Crippen LogP contribution in [0.5, 0.6) is 0 Å². The van der Waals surface area contributed by atoms with E-state index in [-0.39, 0.29) is 6.54 Å². The first kappa shape index (κ1) is 14.1. The molecule has 0 spiro atoms. The van der Waals surface area contributed by atoms with E-state index in [1.807, 2.05) is 19.9 Å². The monoisotopic (exact) mass is 277 g/mol. The highest BCUT2D eigenvalue weighted by molar-refractivity contribution is 7.90. The van der Waals surface area contributed by atoms with Gasteiger partial charge >= 0.3 is 5.97 Å². The van der Waals surface area contributed by atoms with Gasteiger partial charge in [-0.25, -0.2) is 13.1 Å². The Hall–Kier alpha value is -0.920. The lowest BCUT2D eigenvalue weighted by Gasteiger charge is -2.08. The second kappa shape index (κ2) is 5.16. The Morgan fingerprint density at radius 2 is 2.12 bits per heavy atom. The maximum absolute atomic E-state index is 11.5. The molecule has 0 aliphatic rings. The van der Waals surface area contributed by atoms with Crippen molar-refractivity contribution in [2.45, 2.75) is 32.6 Å². The predicted molar refractivity (Wildman–Crippen MR) is 66.7 cm³/mol. The molecular formula is C10H15NO4S2. The van der Waals surface area contributed by atoms with Crippen LogP contribution in [0, 0.1) is 13.8 Å². The fraction of sp³-hybridized carbons (Fsp3) is 0.500. The van der Waals surface area contributed by atoms with E-state index in [0.29, 0.717) is 0 Å². The largest absolute Gasteiger partial charge is 0.480 e. The molecule has 1 unspecified atom stereocenters. The number of hydrogen-bond donors (Lipinski definition) is 2. The molecule has 7 heteroatoms. The van der Waals surface area contributed by atoms with Crippen LogP contribution in [0.1, 0.15) is 22.2 Å². The Balaban J connectivity index is 2.71. The molecule has 1 rings (SSSR count). The third-order valence-corrected chi connectivity index (χ3v) is 5.31. The molecule has 0 saturated heterocycles. The Bertz CT molecular complexity index is 499. The van der Waals surface area contributed by atoms with E-state index in [9.17, 15) is 13.2 Å². The quantitative estimate of drug-likeness (QED) is 0.848. The van der Waals surface area contributed by atoms with Crippen LogP contribution in [0.4, 0.5) is 0 Å². The first-order chi connectivity index (χ1) is 7.74. The van der Waals surface area contributed by atoms with Gasteiger partial charge in [0.25, 0.3) is 0 Å². The number of rotatable bonds is 5. The van der Waals surface area contributed by atoms with Crippen LogP contribution < -0.4 is 4.72 Å². The van der Waals surface area contributed by atoms with Crippen molar-refractivity contribution >= 4 is 27.3 Å². The molecule has 0 amide bonds. The number of thiophene rings is 1. The molecule has 0 bridgehead atoms. The maximum atomic E-state index is 11.5. The predicted octanol–water partition coefficient (Wildman–Crippen LogP) is 1.26. The van der Waals surface area contributed by atoms with E-state index in [2.05, 4.69) is 4.72 Å². The summed E-state index contributed by atoms with van der Waals surface area (Å²) < 4.78 is 25.4. The van der Waals surface area contributed by atoms with Crippen LogP contribution in [0.2, 0.25) is 0 Å². The highest BCUT2D eigenvalue weighted by atomic mass is 32.2. The minimum absolute atomic E-state index is 0.138. The molecule has 2 N–H and O–H groups in total. The molecule has 1 aromatic heterocycles. The van der Waals surface area contributed by atoms with Crippen molar-refractivity contribution in [2.24, 2.45) is 0 Å². The van der Waals surface area contributed by atoms with Gasteiger partial charge in [0, 0.05) is 16.3 Å². The van der Waals surface area contributed by atoms with Crippen LogP contribution in [-0.2, 0) is 21.4 Å². The van der Waals surface area contributed by atoms with Crippen molar-refractivity contribution in [2.75, 3.05) is 0 Å². The minimum Gasteiger partial charge on any atom is -0.480 e. The van der Waals surface area contributed by atoms with E-state index < -0.39 is 21.2 Å². The topological polar surface area (TPSA) is 83.5 Å². The molecule has 0 aliphatic heterocycles. The van der Waals surface area contributed by atoms with Crippen molar-refractivity contribution in [3.63, 3.8) is 0 Å². The summed E-state index contributed by atoms with van der Waals surface area (Å²) in [7, 11) is -3.80. The Kier molecular flexibility index (Phi) is 4.29. The van der Waals surface area contributed by atoms with Gasteiger partial charge in [0.15, 0.2) is 5.25 Å². The molecule has 1 atom stereocenters. The molecule has 1 aromatic rings. The third kappa shape index (κ3) is 3.52. The van der Waals surface area contributed by atoms with Crippen molar-refractivity contribution < 1.29 is 18.3 Å². The SMILES string of the molecule is Cc1cc(CNS(=O)(=O)C(C)C(=O)O)sc1C. The van der Waals surface area contributed by atoms with Gasteiger partial charge < -0.3 is 5.11 Å². The molecule has 17 heavy (non-hydrogen) atoms. The fourth-order valence-corrected chi connectivity index (χ4v) is 3.12. The van der Waals surface area contributed by atoms with Crippen molar-refractivity contribution in [1.29, 1.82) is 0 Å². The molecule has 0 aromatic carbocycles. The zero-order chi connectivity index (χ0) is 13.2. The zero-order valence-corrected chi connectivity index (χ0v) is 11.5. The minimum atomic E-state index is -3.80. The van der Waals surface area contributed by atoms with E-state index >= 15 is 0 Å². The lowest BCUT2D eigenvalue weighted by atomic mass is 10.3. The summed E-state index contributed by atoms with van der Waals surface area (Å²) in [4.78, 5) is 12.6. The Labute approximate surface area is 105 Å². The number of aliphatic carboxylic acids is 1. The van der Waals surface area contributed by atoms with Gasteiger partial charge in [-0.15, -0.1) is 11.3 Å². The number of hydrogen-bond acceptors (Lipinski definition) is 4. The molecule has 0 fully saturated rings. The Morgan fingerprint density at radius 1 is 1.53 bits per heavy atom. The smallest absolute Gasteiger partial charge is 0.323 e. The van der Waals surface area contributed by atoms with Gasteiger partial charge in [0.1, 0.15) is 0 Å². The number of nitrogens with one attached hydrogen (secondary N) is 1. The van der Waals surface area contributed by atoms with Crippen molar-refractivity contribution in [1.82, 2.24) is 4.72 Å². The van der Waals surface area contributed by atoms with E-state index in [4.69, 9.17) is 5.11 Å². The van der Waals surface area contributed by atoms with Gasteiger partial charge in [0.2, 0.25) is 10.0 Å². The van der Waals surface area contributed by atoms with Crippen molar-refractivity contribution in [3.05, 3.63) is 21.4 Å². The van der Waals surface area contributed by atoms with Crippen LogP contribution in [0.25, 0.3) is 0 Å². The van der Waals surface area contributed by atoms with E-state index in [1.54, 1.807) is 0 Å². The first-order valence-corrected chi connectivity index (χ1v) is 7.37. The van der Waals surface area contributed by atoms with Crippen LogP contribution >= 0.6 is 11.3 Å². The summed E-state index contributed by atoms with van der Waals surface area (Å²) in [5, 5.41) is 7.21. The van der Waals surface area contributed by atoms with Gasteiger partial charge in [-0.2, -0.15) is 0 Å². The number of sulfonamides is 1.